The van der Waals surface area contributed by atoms with Gasteiger partial charge in [0.25, 0.3) is 5.91 Å². The van der Waals surface area contributed by atoms with Crippen LogP contribution in [0.5, 0.6) is 0 Å². The number of pyridine rings is 1. The number of carbonyl (C=O) groups excluding carboxylic acids is 2. The number of carbonyl (C=O) groups is 2. The van der Waals surface area contributed by atoms with Gasteiger partial charge in [-0.05, 0) is 18.2 Å². The number of fused-ring (bicyclic) bond motifs is 1. The zero-order valence-corrected chi connectivity index (χ0v) is 14.4. The molecule has 4 rings (SSSR count). The Morgan fingerprint density at radius 2 is 1.96 bits per heavy atom. The molecule has 5 nitrogen and oxygen atoms in total. The summed E-state index contributed by atoms with van der Waals surface area (Å²) in [5.74, 6) is -0.270. The van der Waals surface area contributed by atoms with E-state index in [9.17, 15) is 9.59 Å². The van der Waals surface area contributed by atoms with Gasteiger partial charge in [-0.1, -0.05) is 36.4 Å². The predicted molar refractivity (Wildman–Crippen MR) is 103 cm³/mol. The smallest absolute Gasteiger partial charge is 0.275 e. The third-order valence-corrected chi connectivity index (χ3v) is 4.54. The number of amides is 1. The minimum Gasteiger partial charge on any atom is -0.319 e. The highest BCUT2D eigenvalue weighted by molar-refractivity contribution is 7.07. The number of hydrogen-bond acceptors (Lipinski definition) is 5. The van der Waals surface area contributed by atoms with Crippen LogP contribution < -0.4 is 5.32 Å². The number of hydrogen-bond donors (Lipinski definition) is 1. The average molecular weight is 359 g/mol. The number of benzene rings is 2. The van der Waals surface area contributed by atoms with E-state index in [1.807, 2.05) is 42.5 Å². The molecule has 2 aromatic carbocycles. The molecular formula is C20H13N3O2S. The maximum Gasteiger partial charge on any atom is 0.275 e. The van der Waals surface area contributed by atoms with Crippen molar-refractivity contribution in [1.82, 2.24) is 9.97 Å². The molecule has 0 bridgehead atoms. The lowest BCUT2D eigenvalue weighted by Gasteiger charge is -2.09. The first-order valence-corrected chi connectivity index (χ1v) is 8.84. The first-order chi connectivity index (χ1) is 12.7. The molecule has 0 saturated heterocycles. The van der Waals surface area contributed by atoms with E-state index in [1.54, 1.807) is 23.0 Å². The second-order valence-corrected chi connectivity index (χ2v) is 6.36. The van der Waals surface area contributed by atoms with Crippen molar-refractivity contribution in [2.45, 2.75) is 0 Å². The van der Waals surface area contributed by atoms with Gasteiger partial charge in [-0.15, -0.1) is 11.3 Å². The van der Waals surface area contributed by atoms with Crippen molar-refractivity contribution in [2.75, 3.05) is 5.32 Å². The summed E-state index contributed by atoms with van der Waals surface area (Å²) in [4.78, 5) is 32.1. The maximum absolute atomic E-state index is 12.3. The summed E-state index contributed by atoms with van der Waals surface area (Å²) >= 11 is 1.37. The van der Waals surface area contributed by atoms with Crippen LogP contribution in [0.4, 0.5) is 5.69 Å². The van der Waals surface area contributed by atoms with Crippen LogP contribution in [0, 0.1) is 0 Å². The van der Waals surface area contributed by atoms with E-state index in [4.69, 9.17) is 4.98 Å². The normalized spacial score (nSPS) is 10.6. The Morgan fingerprint density at radius 3 is 2.77 bits per heavy atom. The Bertz CT molecular complexity index is 1110. The number of para-hydroxylation sites is 1. The van der Waals surface area contributed by atoms with Gasteiger partial charge in [0.1, 0.15) is 12.0 Å². The zero-order valence-electron chi connectivity index (χ0n) is 13.5. The second-order valence-electron chi connectivity index (χ2n) is 5.64. The highest BCUT2D eigenvalue weighted by atomic mass is 32.1. The monoisotopic (exact) mass is 359 g/mol. The molecular weight excluding hydrogens is 346 g/mol. The van der Waals surface area contributed by atoms with E-state index in [1.165, 1.54) is 11.3 Å². The molecule has 4 aromatic rings. The third-order valence-electron chi connectivity index (χ3n) is 3.95. The molecule has 2 aromatic heterocycles. The number of anilines is 1. The lowest BCUT2D eigenvalue weighted by atomic mass is 10.1. The summed E-state index contributed by atoms with van der Waals surface area (Å²) in [5.41, 5.74) is 5.47. The third kappa shape index (κ3) is 3.10. The van der Waals surface area contributed by atoms with Crippen molar-refractivity contribution in [3.8, 4) is 11.3 Å². The highest BCUT2D eigenvalue weighted by Gasteiger charge is 2.11. The number of thiazole rings is 1. The molecule has 26 heavy (non-hydrogen) atoms. The van der Waals surface area contributed by atoms with Gasteiger partial charge in [0, 0.05) is 21.9 Å². The molecule has 1 amide bonds. The topological polar surface area (TPSA) is 72.0 Å². The van der Waals surface area contributed by atoms with E-state index in [-0.39, 0.29) is 5.91 Å². The first-order valence-electron chi connectivity index (χ1n) is 7.89. The minimum absolute atomic E-state index is 0.270. The molecule has 0 aliphatic rings. The van der Waals surface area contributed by atoms with Crippen molar-refractivity contribution in [3.05, 3.63) is 76.7 Å². The van der Waals surface area contributed by atoms with Crippen LogP contribution in [0.2, 0.25) is 0 Å². The highest BCUT2D eigenvalue weighted by Crippen LogP contribution is 2.26. The van der Waals surface area contributed by atoms with E-state index >= 15 is 0 Å². The fourth-order valence-corrected chi connectivity index (χ4v) is 3.22. The summed E-state index contributed by atoms with van der Waals surface area (Å²) in [6, 6.07) is 16.7. The standard InChI is InChI=1S/C20H13N3O2S/c24-10-13-3-1-5-15(9-13)16-8-7-14-4-2-6-17(19(14)22-16)23-20(25)18-11-26-12-21-18/h1-12H,(H,23,25). The fraction of sp³-hybridized carbons (Fsp3) is 0. The molecule has 0 aliphatic carbocycles. The lowest BCUT2D eigenvalue weighted by Crippen LogP contribution is -2.12. The Labute approximate surface area is 153 Å². The van der Waals surface area contributed by atoms with Crippen LogP contribution in [-0.2, 0) is 0 Å². The van der Waals surface area contributed by atoms with Gasteiger partial charge in [-0.2, -0.15) is 0 Å². The van der Waals surface area contributed by atoms with E-state index < -0.39 is 0 Å². The van der Waals surface area contributed by atoms with Gasteiger partial charge in [-0.25, -0.2) is 9.97 Å². The van der Waals surface area contributed by atoms with E-state index in [0.29, 0.717) is 22.5 Å². The van der Waals surface area contributed by atoms with Crippen molar-refractivity contribution in [2.24, 2.45) is 0 Å². The number of rotatable bonds is 4. The molecule has 6 heteroatoms. The van der Waals surface area contributed by atoms with Gasteiger partial charge in [0.05, 0.1) is 22.4 Å². The molecule has 0 radical (unpaired) electrons. The summed E-state index contributed by atoms with van der Waals surface area (Å²) < 4.78 is 0. The van der Waals surface area contributed by atoms with Crippen molar-refractivity contribution >= 4 is 40.1 Å². The van der Waals surface area contributed by atoms with Crippen LogP contribution in [0.15, 0.2) is 65.5 Å². The molecule has 0 saturated carbocycles. The molecule has 0 spiro atoms. The van der Waals surface area contributed by atoms with Crippen molar-refractivity contribution in [1.29, 1.82) is 0 Å². The first kappa shape index (κ1) is 16.1. The molecule has 0 fully saturated rings. The molecule has 0 atom stereocenters. The van der Waals surface area contributed by atoms with Crippen LogP contribution in [-0.4, -0.2) is 22.2 Å². The largest absolute Gasteiger partial charge is 0.319 e. The van der Waals surface area contributed by atoms with Crippen LogP contribution in [0.3, 0.4) is 0 Å². The quantitative estimate of drug-likeness (QED) is 0.547. The van der Waals surface area contributed by atoms with E-state index in [2.05, 4.69) is 10.3 Å². The van der Waals surface area contributed by atoms with Gasteiger partial charge in [0.2, 0.25) is 0 Å². The summed E-state index contributed by atoms with van der Waals surface area (Å²) in [6.07, 6.45) is 0.810. The van der Waals surface area contributed by atoms with E-state index in [0.717, 1.165) is 22.9 Å². The van der Waals surface area contributed by atoms with Gasteiger partial charge in [-0.3, -0.25) is 9.59 Å². The summed E-state index contributed by atoms with van der Waals surface area (Å²) in [6.45, 7) is 0. The van der Waals surface area contributed by atoms with Gasteiger partial charge in [0.15, 0.2) is 0 Å². The molecule has 0 aliphatic heterocycles. The molecule has 2 heterocycles. The Balaban J connectivity index is 1.77. The van der Waals surface area contributed by atoms with Crippen LogP contribution >= 0.6 is 11.3 Å². The summed E-state index contributed by atoms with van der Waals surface area (Å²) in [7, 11) is 0. The van der Waals surface area contributed by atoms with Crippen LogP contribution in [0.25, 0.3) is 22.2 Å². The fourth-order valence-electron chi connectivity index (χ4n) is 2.69. The molecule has 126 valence electrons. The number of nitrogens with zero attached hydrogens (tertiary/aromatic N) is 2. The predicted octanol–water partition coefficient (Wildman–Crippen LogP) is 4.42. The molecule has 1 N–H and O–H groups in total. The second kappa shape index (κ2) is 6.85. The zero-order chi connectivity index (χ0) is 17.9. The minimum atomic E-state index is -0.270. The Morgan fingerprint density at radius 1 is 1.08 bits per heavy atom. The Hall–Kier alpha value is -3.38. The van der Waals surface area contributed by atoms with Gasteiger partial charge >= 0.3 is 0 Å². The SMILES string of the molecule is O=Cc1cccc(-c2ccc3cccc(NC(=O)c4cscn4)c3n2)c1. The average Bonchev–Trinajstić information content (AvgIpc) is 3.23. The maximum atomic E-state index is 12.3. The molecule has 0 unspecified atom stereocenters. The lowest BCUT2D eigenvalue weighted by molar-refractivity contribution is 0.102. The number of aldehydes is 1. The van der Waals surface area contributed by atoms with Gasteiger partial charge < -0.3 is 5.32 Å². The van der Waals surface area contributed by atoms with Crippen LogP contribution in [0.1, 0.15) is 20.8 Å². The Kier molecular flexibility index (Phi) is 4.25. The number of aromatic nitrogens is 2. The summed E-state index contributed by atoms with van der Waals surface area (Å²) in [5, 5.41) is 5.49. The number of nitrogens with one attached hydrogen (secondary N) is 1. The van der Waals surface area contributed by atoms with Crippen molar-refractivity contribution < 1.29 is 9.59 Å². The van der Waals surface area contributed by atoms with Crippen molar-refractivity contribution in [3.63, 3.8) is 0 Å².